The lowest BCUT2D eigenvalue weighted by atomic mass is 10.0. The molecule has 1 aliphatic rings. The van der Waals surface area contributed by atoms with E-state index in [1.165, 1.54) is 29.8 Å². The van der Waals surface area contributed by atoms with Gasteiger partial charge in [-0.05, 0) is 36.5 Å². The van der Waals surface area contributed by atoms with E-state index in [9.17, 15) is 0 Å². The van der Waals surface area contributed by atoms with Crippen LogP contribution in [0.4, 0.5) is 11.4 Å². The molecule has 2 nitrogen and oxygen atoms in total. The molecule has 1 saturated carbocycles. The van der Waals surface area contributed by atoms with E-state index in [1.807, 2.05) is 0 Å². The van der Waals surface area contributed by atoms with E-state index in [2.05, 4.69) is 78.9 Å². The monoisotopic (exact) mass is 266 g/mol. The second-order valence-electron chi connectivity index (χ2n) is 5.78. The van der Waals surface area contributed by atoms with Gasteiger partial charge in [0.05, 0.1) is 17.4 Å². The fraction of sp³-hybridized carbons (Fsp3) is 0.333. The van der Waals surface area contributed by atoms with Crippen molar-refractivity contribution in [2.45, 2.75) is 18.9 Å². The third-order valence-electron chi connectivity index (χ3n) is 3.95. The minimum atomic E-state index is 0.428. The van der Waals surface area contributed by atoms with E-state index >= 15 is 0 Å². The van der Waals surface area contributed by atoms with E-state index in [4.69, 9.17) is 0 Å². The standard InChI is InChI=1S/C18H22N2/c1-20(2)17-11-7-6-10-16(17)19-18(15-12-13-15)14-8-4-3-5-9-14/h3-11,15,18-19H,12-13H2,1-2H3. The molecule has 1 aliphatic carbocycles. The van der Waals surface area contributed by atoms with Gasteiger partial charge < -0.3 is 10.2 Å². The van der Waals surface area contributed by atoms with Gasteiger partial charge in [0.15, 0.2) is 0 Å². The van der Waals surface area contributed by atoms with Crippen LogP contribution in [0.5, 0.6) is 0 Å². The number of hydrogen-bond acceptors (Lipinski definition) is 2. The van der Waals surface area contributed by atoms with Crippen LogP contribution < -0.4 is 10.2 Å². The van der Waals surface area contributed by atoms with Gasteiger partial charge in [-0.1, -0.05) is 42.5 Å². The number of para-hydroxylation sites is 2. The first-order valence-electron chi connectivity index (χ1n) is 7.33. The maximum Gasteiger partial charge on any atom is 0.0596 e. The van der Waals surface area contributed by atoms with Crippen LogP contribution in [0.25, 0.3) is 0 Å². The predicted octanol–water partition coefficient (Wildman–Crippen LogP) is 4.32. The van der Waals surface area contributed by atoms with Crippen molar-refractivity contribution in [3.8, 4) is 0 Å². The minimum absolute atomic E-state index is 0.428. The van der Waals surface area contributed by atoms with Crippen LogP contribution in [-0.4, -0.2) is 14.1 Å². The number of nitrogens with zero attached hydrogens (tertiary/aromatic N) is 1. The summed E-state index contributed by atoms with van der Waals surface area (Å²) in [6.07, 6.45) is 2.66. The van der Waals surface area contributed by atoms with E-state index in [-0.39, 0.29) is 0 Å². The molecule has 0 amide bonds. The topological polar surface area (TPSA) is 15.3 Å². The Hall–Kier alpha value is -1.96. The first kappa shape index (κ1) is 13.0. The number of anilines is 2. The fourth-order valence-corrected chi connectivity index (χ4v) is 2.72. The second-order valence-corrected chi connectivity index (χ2v) is 5.78. The molecule has 0 heterocycles. The summed E-state index contributed by atoms with van der Waals surface area (Å²) in [6.45, 7) is 0. The Kier molecular flexibility index (Phi) is 3.64. The summed E-state index contributed by atoms with van der Waals surface area (Å²) in [7, 11) is 4.18. The molecular formula is C18H22N2. The number of benzene rings is 2. The lowest BCUT2D eigenvalue weighted by molar-refractivity contribution is 0.679. The Bertz CT molecular complexity index is 559. The largest absolute Gasteiger partial charge is 0.376 e. The van der Waals surface area contributed by atoms with Gasteiger partial charge in [-0.25, -0.2) is 0 Å². The molecule has 2 heteroatoms. The maximum absolute atomic E-state index is 3.77. The van der Waals surface area contributed by atoms with Gasteiger partial charge in [-0.3, -0.25) is 0 Å². The molecule has 0 radical (unpaired) electrons. The molecule has 0 aromatic heterocycles. The molecule has 0 bridgehead atoms. The molecule has 1 unspecified atom stereocenters. The van der Waals surface area contributed by atoms with E-state index in [0.29, 0.717) is 6.04 Å². The van der Waals surface area contributed by atoms with Crippen molar-refractivity contribution in [2.75, 3.05) is 24.3 Å². The Labute approximate surface area is 121 Å². The van der Waals surface area contributed by atoms with Crippen molar-refractivity contribution < 1.29 is 0 Å². The lowest BCUT2D eigenvalue weighted by Crippen LogP contribution is -2.16. The van der Waals surface area contributed by atoms with Crippen LogP contribution in [0.3, 0.4) is 0 Å². The maximum atomic E-state index is 3.77. The molecule has 0 aliphatic heterocycles. The van der Waals surface area contributed by atoms with Crippen molar-refractivity contribution in [3.63, 3.8) is 0 Å². The van der Waals surface area contributed by atoms with Gasteiger partial charge in [0.2, 0.25) is 0 Å². The van der Waals surface area contributed by atoms with E-state index in [0.717, 1.165) is 5.92 Å². The minimum Gasteiger partial charge on any atom is -0.376 e. The molecule has 3 rings (SSSR count). The van der Waals surface area contributed by atoms with E-state index in [1.54, 1.807) is 0 Å². The van der Waals surface area contributed by atoms with Gasteiger partial charge in [0, 0.05) is 14.1 Å². The molecular weight excluding hydrogens is 244 g/mol. The smallest absolute Gasteiger partial charge is 0.0596 e. The molecule has 20 heavy (non-hydrogen) atoms. The highest BCUT2D eigenvalue weighted by atomic mass is 15.1. The Morgan fingerprint density at radius 2 is 1.60 bits per heavy atom. The highest BCUT2D eigenvalue weighted by Crippen LogP contribution is 2.43. The quantitative estimate of drug-likeness (QED) is 0.867. The van der Waals surface area contributed by atoms with Gasteiger partial charge in [-0.15, -0.1) is 0 Å². The van der Waals surface area contributed by atoms with Crippen molar-refractivity contribution in [1.82, 2.24) is 0 Å². The Balaban J connectivity index is 1.88. The molecule has 104 valence electrons. The van der Waals surface area contributed by atoms with Gasteiger partial charge in [0.1, 0.15) is 0 Å². The summed E-state index contributed by atoms with van der Waals surface area (Å²) < 4.78 is 0. The number of hydrogen-bond donors (Lipinski definition) is 1. The zero-order valence-electron chi connectivity index (χ0n) is 12.2. The molecule has 0 spiro atoms. The molecule has 2 aromatic carbocycles. The average molecular weight is 266 g/mol. The zero-order chi connectivity index (χ0) is 13.9. The average Bonchev–Trinajstić information content (AvgIpc) is 3.30. The van der Waals surface area contributed by atoms with Crippen LogP contribution in [0.15, 0.2) is 54.6 Å². The molecule has 0 saturated heterocycles. The summed E-state index contributed by atoms with van der Waals surface area (Å²) in [5, 5.41) is 3.77. The van der Waals surface area contributed by atoms with Gasteiger partial charge in [-0.2, -0.15) is 0 Å². The fourth-order valence-electron chi connectivity index (χ4n) is 2.72. The van der Waals surface area contributed by atoms with Crippen molar-refractivity contribution >= 4 is 11.4 Å². The number of rotatable bonds is 5. The molecule has 2 aromatic rings. The highest BCUT2D eigenvalue weighted by Gasteiger charge is 2.32. The second kappa shape index (κ2) is 5.58. The van der Waals surface area contributed by atoms with Gasteiger partial charge >= 0.3 is 0 Å². The first-order valence-corrected chi connectivity index (χ1v) is 7.33. The Morgan fingerprint density at radius 3 is 2.25 bits per heavy atom. The van der Waals surface area contributed by atoms with Crippen LogP contribution in [0.1, 0.15) is 24.4 Å². The molecule has 1 atom stereocenters. The van der Waals surface area contributed by atoms with Crippen LogP contribution in [0, 0.1) is 5.92 Å². The molecule has 1 fully saturated rings. The summed E-state index contributed by atoms with van der Waals surface area (Å²) in [4.78, 5) is 2.16. The highest BCUT2D eigenvalue weighted by molar-refractivity contribution is 5.70. The molecule has 1 N–H and O–H groups in total. The summed E-state index contributed by atoms with van der Waals surface area (Å²) in [5.41, 5.74) is 3.86. The summed E-state index contributed by atoms with van der Waals surface area (Å²) in [5.74, 6) is 0.771. The van der Waals surface area contributed by atoms with Crippen molar-refractivity contribution in [3.05, 3.63) is 60.2 Å². The summed E-state index contributed by atoms with van der Waals surface area (Å²) >= 11 is 0. The van der Waals surface area contributed by atoms with Crippen LogP contribution in [-0.2, 0) is 0 Å². The third-order valence-corrected chi connectivity index (χ3v) is 3.95. The van der Waals surface area contributed by atoms with Crippen molar-refractivity contribution in [2.24, 2.45) is 5.92 Å². The lowest BCUT2D eigenvalue weighted by Gasteiger charge is -2.24. The van der Waals surface area contributed by atoms with Crippen LogP contribution >= 0.6 is 0 Å². The first-order chi connectivity index (χ1) is 9.75. The Morgan fingerprint density at radius 1 is 0.950 bits per heavy atom. The predicted molar refractivity (Wildman–Crippen MR) is 86.3 cm³/mol. The van der Waals surface area contributed by atoms with Crippen LogP contribution in [0.2, 0.25) is 0 Å². The zero-order valence-corrected chi connectivity index (χ0v) is 12.2. The van der Waals surface area contributed by atoms with E-state index < -0.39 is 0 Å². The van der Waals surface area contributed by atoms with Gasteiger partial charge in [0.25, 0.3) is 0 Å². The number of nitrogens with one attached hydrogen (secondary N) is 1. The SMILES string of the molecule is CN(C)c1ccccc1NC(c1ccccc1)C1CC1. The third kappa shape index (κ3) is 2.79. The summed E-state index contributed by atoms with van der Waals surface area (Å²) in [6, 6.07) is 19.8. The van der Waals surface area contributed by atoms with Crippen molar-refractivity contribution in [1.29, 1.82) is 0 Å². The normalized spacial score (nSPS) is 15.7.